The minimum atomic E-state index is -3.16. The quantitative estimate of drug-likeness (QED) is 0.882. The first-order chi connectivity index (χ1) is 10.7. The van der Waals surface area contributed by atoms with Gasteiger partial charge in [-0.2, -0.15) is 5.10 Å². The predicted molar refractivity (Wildman–Crippen MR) is 79.3 cm³/mol. The Morgan fingerprint density at radius 1 is 1.30 bits per heavy atom. The van der Waals surface area contributed by atoms with Crippen LogP contribution in [0, 0.1) is 19.7 Å². The van der Waals surface area contributed by atoms with Gasteiger partial charge < -0.3 is 11.1 Å². The number of alkyl halides is 2. The first-order valence-electron chi connectivity index (χ1n) is 6.93. The van der Waals surface area contributed by atoms with Crippen LogP contribution in [0.15, 0.2) is 24.3 Å². The lowest BCUT2D eigenvalue weighted by Gasteiger charge is -2.14. The van der Waals surface area contributed by atoms with Gasteiger partial charge in [-0.1, -0.05) is 0 Å². The fourth-order valence-corrected chi connectivity index (χ4v) is 2.18. The van der Waals surface area contributed by atoms with Gasteiger partial charge in [0.2, 0.25) is 0 Å². The van der Waals surface area contributed by atoms with Crippen molar-refractivity contribution in [3.63, 3.8) is 0 Å². The standard InChI is InChI=1S/C15H17F3N4O/c1-9-13(14(23)20-8-15(17,18)7-19)10(2)22(21-9)12-5-3-11(16)4-6-12/h3-6H,7-8,19H2,1-2H3,(H,20,23). The van der Waals surface area contributed by atoms with Crippen molar-refractivity contribution in [2.24, 2.45) is 5.73 Å². The molecule has 0 radical (unpaired) electrons. The molecule has 0 atom stereocenters. The molecule has 0 bridgehead atoms. The third-order valence-electron chi connectivity index (χ3n) is 3.40. The van der Waals surface area contributed by atoms with Gasteiger partial charge in [0.25, 0.3) is 11.8 Å². The third kappa shape index (κ3) is 3.70. The molecule has 0 spiro atoms. The molecule has 0 saturated carbocycles. The van der Waals surface area contributed by atoms with Gasteiger partial charge in [-0.3, -0.25) is 4.79 Å². The Kier molecular flexibility index (Phi) is 4.74. The Morgan fingerprint density at radius 2 is 1.91 bits per heavy atom. The highest BCUT2D eigenvalue weighted by molar-refractivity contribution is 5.96. The zero-order chi connectivity index (χ0) is 17.2. The second-order valence-corrected chi connectivity index (χ2v) is 5.18. The van der Waals surface area contributed by atoms with Crippen LogP contribution in [-0.2, 0) is 0 Å². The molecule has 1 amide bonds. The van der Waals surface area contributed by atoms with Crippen LogP contribution in [0.1, 0.15) is 21.7 Å². The fourth-order valence-electron chi connectivity index (χ4n) is 2.18. The molecule has 0 aliphatic heterocycles. The van der Waals surface area contributed by atoms with Gasteiger partial charge >= 0.3 is 0 Å². The van der Waals surface area contributed by atoms with Crippen molar-refractivity contribution >= 4 is 5.91 Å². The summed E-state index contributed by atoms with van der Waals surface area (Å²) in [5.41, 5.74) is 6.58. The van der Waals surface area contributed by atoms with Crippen molar-refractivity contribution in [1.29, 1.82) is 0 Å². The van der Waals surface area contributed by atoms with Crippen molar-refractivity contribution in [3.8, 4) is 5.69 Å². The van der Waals surface area contributed by atoms with Crippen molar-refractivity contribution in [1.82, 2.24) is 15.1 Å². The largest absolute Gasteiger partial charge is 0.346 e. The van der Waals surface area contributed by atoms with Gasteiger partial charge in [-0.25, -0.2) is 17.9 Å². The first kappa shape index (κ1) is 17.0. The molecule has 0 aliphatic carbocycles. The Hall–Kier alpha value is -2.35. The SMILES string of the molecule is Cc1nn(-c2ccc(F)cc2)c(C)c1C(=O)NCC(F)(F)CN. The minimum absolute atomic E-state index is 0.210. The van der Waals surface area contributed by atoms with Crippen molar-refractivity contribution in [2.45, 2.75) is 19.8 Å². The topological polar surface area (TPSA) is 72.9 Å². The third-order valence-corrected chi connectivity index (χ3v) is 3.40. The molecule has 1 heterocycles. The summed E-state index contributed by atoms with van der Waals surface area (Å²) >= 11 is 0. The zero-order valence-corrected chi connectivity index (χ0v) is 12.7. The highest BCUT2D eigenvalue weighted by Gasteiger charge is 2.28. The smallest absolute Gasteiger partial charge is 0.277 e. The lowest BCUT2D eigenvalue weighted by Crippen LogP contribution is -2.41. The molecule has 2 rings (SSSR count). The number of carbonyl (C=O) groups excluding carboxylic acids is 1. The van der Waals surface area contributed by atoms with E-state index in [-0.39, 0.29) is 5.56 Å². The van der Waals surface area contributed by atoms with E-state index < -0.39 is 30.7 Å². The molecule has 8 heteroatoms. The maximum absolute atomic E-state index is 13.1. The zero-order valence-electron chi connectivity index (χ0n) is 12.7. The summed E-state index contributed by atoms with van der Waals surface area (Å²) in [4.78, 5) is 12.1. The molecule has 1 aromatic carbocycles. The van der Waals surface area contributed by atoms with Crippen LogP contribution in [0.4, 0.5) is 13.2 Å². The predicted octanol–water partition coefficient (Wildman–Crippen LogP) is 1.95. The second-order valence-electron chi connectivity index (χ2n) is 5.18. The van der Waals surface area contributed by atoms with Gasteiger partial charge in [-0.15, -0.1) is 0 Å². The monoisotopic (exact) mass is 326 g/mol. The molecule has 0 aliphatic rings. The summed E-state index contributed by atoms with van der Waals surface area (Å²) in [5.74, 6) is -4.21. The Bertz CT molecular complexity index is 710. The average molecular weight is 326 g/mol. The number of halogens is 3. The maximum Gasteiger partial charge on any atom is 0.277 e. The van der Waals surface area contributed by atoms with E-state index in [9.17, 15) is 18.0 Å². The Morgan fingerprint density at radius 3 is 2.48 bits per heavy atom. The van der Waals surface area contributed by atoms with Crippen LogP contribution in [-0.4, -0.2) is 34.7 Å². The lowest BCUT2D eigenvalue weighted by molar-refractivity contribution is 0.0118. The van der Waals surface area contributed by atoms with Gasteiger partial charge in [0.05, 0.1) is 35.7 Å². The van der Waals surface area contributed by atoms with Crippen LogP contribution in [0.5, 0.6) is 0 Å². The van der Waals surface area contributed by atoms with E-state index in [4.69, 9.17) is 5.73 Å². The fraction of sp³-hybridized carbons (Fsp3) is 0.333. The second kappa shape index (κ2) is 6.41. The molecular weight excluding hydrogens is 309 g/mol. The van der Waals surface area contributed by atoms with Crippen LogP contribution in [0.25, 0.3) is 5.69 Å². The number of benzene rings is 1. The van der Waals surface area contributed by atoms with Crippen LogP contribution < -0.4 is 11.1 Å². The van der Waals surface area contributed by atoms with Gasteiger partial charge in [0, 0.05) is 0 Å². The number of hydrogen-bond donors (Lipinski definition) is 2. The van der Waals surface area contributed by atoms with Crippen molar-refractivity contribution < 1.29 is 18.0 Å². The molecule has 2 aromatic rings. The van der Waals surface area contributed by atoms with Crippen molar-refractivity contribution in [2.75, 3.05) is 13.1 Å². The number of aryl methyl sites for hydroxylation is 1. The molecule has 1 aromatic heterocycles. The number of carbonyl (C=O) groups is 1. The molecule has 124 valence electrons. The highest BCUT2D eigenvalue weighted by atomic mass is 19.3. The number of hydrogen-bond acceptors (Lipinski definition) is 3. The number of rotatable bonds is 5. The van der Waals surface area contributed by atoms with Crippen LogP contribution in [0.2, 0.25) is 0 Å². The van der Waals surface area contributed by atoms with Gasteiger partial charge in [-0.05, 0) is 38.1 Å². The Labute approximate surface area is 131 Å². The van der Waals surface area contributed by atoms with E-state index in [1.807, 2.05) is 0 Å². The first-order valence-corrected chi connectivity index (χ1v) is 6.93. The average Bonchev–Trinajstić information content (AvgIpc) is 2.81. The maximum atomic E-state index is 13.1. The molecule has 5 nitrogen and oxygen atoms in total. The lowest BCUT2D eigenvalue weighted by atomic mass is 10.1. The summed E-state index contributed by atoms with van der Waals surface area (Å²) in [6, 6.07) is 5.57. The summed E-state index contributed by atoms with van der Waals surface area (Å²) in [5, 5.41) is 6.38. The van der Waals surface area contributed by atoms with E-state index >= 15 is 0 Å². The van der Waals surface area contributed by atoms with Gasteiger partial charge in [0.15, 0.2) is 0 Å². The van der Waals surface area contributed by atoms with E-state index in [0.29, 0.717) is 17.1 Å². The molecule has 0 unspecified atom stereocenters. The Balaban J connectivity index is 2.27. The molecule has 23 heavy (non-hydrogen) atoms. The van der Waals surface area contributed by atoms with E-state index in [2.05, 4.69) is 10.4 Å². The molecule has 3 N–H and O–H groups in total. The number of nitrogens with one attached hydrogen (secondary N) is 1. The summed E-state index contributed by atoms with van der Waals surface area (Å²) in [7, 11) is 0. The normalized spacial score (nSPS) is 11.6. The van der Waals surface area contributed by atoms with Gasteiger partial charge in [0.1, 0.15) is 5.82 Å². The summed E-state index contributed by atoms with van der Waals surface area (Å²) < 4.78 is 40.7. The highest BCUT2D eigenvalue weighted by Crippen LogP contribution is 2.19. The van der Waals surface area contributed by atoms with Crippen molar-refractivity contribution in [3.05, 3.63) is 47.0 Å². The number of amides is 1. The molecule has 0 saturated heterocycles. The van der Waals surface area contributed by atoms with Crippen LogP contribution >= 0.6 is 0 Å². The number of aromatic nitrogens is 2. The number of nitrogens with two attached hydrogens (primary N) is 1. The summed E-state index contributed by atoms with van der Waals surface area (Å²) in [6.07, 6.45) is 0. The van der Waals surface area contributed by atoms with E-state index in [1.165, 1.54) is 28.9 Å². The summed E-state index contributed by atoms with van der Waals surface area (Å²) in [6.45, 7) is 1.55. The van der Waals surface area contributed by atoms with E-state index in [1.54, 1.807) is 13.8 Å². The molecule has 0 fully saturated rings. The van der Waals surface area contributed by atoms with Crippen LogP contribution in [0.3, 0.4) is 0 Å². The number of nitrogens with zero attached hydrogens (tertiary/aromatic N) is 2. The van der Waals surface area contributed by atoms with E-state index in [0.717, 1.165) is 0 Å². The molecular formula is C15H17F3N4O. The minimum Gasteiger partial charge on any atom is -0.346 e.